The molecular weight excluding hydrogens is 228 g/mol. The van der Waals surface area contributed by atoms with Crippen LogP contribution in [0.2, 0.25) is 0 Å². The third-order valence-electron chi connectivity index (χ3n) is 1.79. The van der Waals surface area contributed by atoms with Crippen LogP contribution in [0.1, 0.15) is 0 Å². The Morgan fingerprint density at radius 2 is 2.00 bits per heavy atom. The SMILES string of the molecule is CSc1ccccc1OCCOCCS. The maximum absolute atomic E-state index is 5.60. The monoisotopic (exact) mass is 244 g/mol. The Hall–Kier alpha value is -0.320. The highest BCUT2D eigenvalue weighted by atomic mass is 32.2. The minimum absolute atomic E-state index is 0.589. The highest BCUT2D eigenvalue weighted by molar-refractivity contribution is 7.98. The summed E-state index contributed by atoms with van der Waals surface area (Å²) >= 11 is 5.74. The van der Waals surface area contributed by atoms with E-state index in [1.807, 2.05) is 24.5 Å². The lowest BCUT2D eigenvalue weighted by Gasteiger charge is -2.09. The molecule has 0 N–H and O–H groups in total. The molecule has 84 valence electrons. The van der Waals surface area contributed by atoms with Gasteiger partial charge >= 0.3 is 0 Å². The molecule has 1 rings (SSSR count). The van der Waals surface area contributed by atoms with Crippen LogP contribution in [0.25, 0.3) is 0 Å². The molecule has 0 saturated carbocycles. The first-order valence-corrected chi connectivity index (χ1v) is 6.68. The Labute approximate surface area is 101 Å². The second kappa shape index (κ2) is 7.91. The number of thiol groups is 1. The number of hydrogen-bond acceptors (Lipinski definition) is 4. The molecule has 0 radical (unpaired) electrons. The Bertz CT molecular complexity index is 279. The van der Waals surface area contributed by atoms with E-state index in [0.29, 0.717) is 19.8 Å². The normalized spacial score (nSPS) is 10.3. The second-order valence-corrected chi connectivity index (χ2v) is 4.13. The number of hydrogen-bond donors (Lipinski definition) is 1. The van der Waals surface area contributed by atoms with Crippen molar-refractivity contribution in [3.63, 3.8) is 0 Å². The average Bonchev–Trinajstić information content (AvgIpc) is 2.29. The summed E-state index contributed by atoms with van der Waals surface area (Å²) in [6.07, 6.45) is 2.04. The summed E-state index contributed by atoms with van der Waals surface area (Å²) in [7, 11) is 0. The largest absolute Gasteiger partial charge is 0.490 e. The predicted molar refractivity (Wildman–Crippen MR) is 68.4 cm³/mol. The average molecular weight is 244 g/mol. The van der Waals surface area contributed by atoms with Gasteiger partial charge in [-0.15, -0.1) is 11.8 Å². The zero-order chi connectivity index (χ0) is 10.9. The van der Waals surface area contributed by atoms with E-state index in [1.54, 1.807) is 11.8 Å². The van der Waals surface area contributed by atoms with Gasteiger partial charge in [-0.2, -0.15) is 12.6 Å². The lowest BCUT2D eigenvalue weighted by Crippen LogP contribution is -2.08. The molecule has 0 bridgehead atoms. The summed E-state index contributed by atoms with van der Waals surface area (Å²) in [5.41, 5.74) is 0. The third kappa shape index (κ3) is 4.82. The highest BCUT2D eigenvalue weighted by Gasteiger charge is 2.00. The summed E-state index contributed by atoms with van der Waals surface area (Å²) in [5, 5.41) is 0. The van der Waals surface area contributed by atoms with Gasteiger partial charge in [-0.3, -0.25) is 0 Å². The van der Waals surface area contributed by atoms with Gasteiger partial charge in [0.15, 0.2) is 0 Å². The molecule has 0 amide bonds. The number of ether oxygens (including phenoxy) is 2. The minimum Gasteiger partial charge on any atom is -0.490 e. The van der Waals surface area contributed by atoms with Crippen LogP contribution in [0.3, 0.4) is 0 Å². The maximum atomic E-state index is 5.60. The topological polar surface area (TPSA) is 18.5 Å². The first-order valence-electron chi connectivity index (χ1n) is 4.83. The van der Waals surface area contributed by atoms with Crippen molar-refractivity contribution in [1.29, 1.82) is 0 Å². The van der Waals surface area contributed by atoms with Gasteiger partial charge < -0.3 is 9.47 Å². The standard InChI is InChI=1S/C11H16O2S2/c1-15-11-5-3-2-4-10(11)13-7-6-12-8-9-14/h2-5,14H,6-9H2,1H3. The summed E-state index contributed by atoms with van der Waals surface area (Å²) in [5.74, 6) is 1.68. The van der Waals surface area contributed by atoms with Gasteiger partial charge in [0, 0.05) is 10.6 Å². The molecular formula is C11H16O2S2. The van der Waals surface area contributed by atoms with Crippen LogP contribution < -0.4 is 4.74 Å². The molecule has 2 nitrogen and oxygen atoms in total. The smallest absolute Gasteiger partial charge is 0.132 e. The van der Waals surface area contributed by atoms with Gasteiger partial charge in [0.2, 0.25) is 0 Å². The molecule has 0 atom stereocenters. The molecule has 0 unspecified atom stereocenters. The molecule has 0 fully saturated rings. The fourth-order valence-electron chi connectivity index (χ4n) is 1.12. The molecule has 0 aromatic heterocycles. The predicted octanol–water partition coefficient (Wildman–Crippen LogP) is 2.73. The van der Waals surface area contributed by atoms with Crippen LogP contribution in [-0.4, -0.2) is 31.8 Å². The van der Waals surface area contributed by atoms with Gasteiger partial charge in [-0.25, -0.2) is 0 Å². The van der Waals surface area contributed by atoms with Crippen molar-refractivity contribution in [3.8, 4) is 5.75 Å². The summed E-state index contributed by atoms with van der Waals surface area (Å²) in [6.45, 7) is 1.88. The quantitative estimate of drug-likeness (QED) is 0.452. The van der Waals surface area contributed by atoms with E-state index in [4.69, 9.17) is 9.47 Å². The molecule has 1 aromatic carbocycles. The van der Waals surface area contributed by atoms with Crippen molar-refractivity contribution in [2.75, 3.05) is 31.8 Å². The van der Waals surface area contributed by atoms with Crippen molar-refractivity contribution >= 4 is 24.4 Å². The van der Waals surface area contributed by atoms with Crippen LogP contribution in [0.15, 0.2) is 29.2 Å². The van der Waals surface area contributed by atoms with Crippen LogP contribution in [-0.2, 0) is 4.74 Å². The molecule has 0 aliphatic carbocycles. The number of thioether (sulfide) groups is 1. The second-order valence-electron chi connectivity index (χ2n) is 2.84. The van der Waals surface area contributed by atoms with E-state index >= 15 is 0 Å². The number of para-hydroxylation sites is 1. The van der Waals surface area contributed by atoms with Crippen LogP contribution in [0.4, 0.5) is 0 Å². The van der Waals surface area contributed by atoms with Gasteiger partial charge in [0.1, 0.15) is 12.4 Å². The maximum Gasteiger partial charge on any atom is 0.132 e. The van der Waals surface area contributed by atoms with Gasteiger partial charge in [-0.05, 0) is 18.4 Å². The van der Waals surface area contributed by atoms with Gasteiger partial charge in [0.05, 0.1) is 13.2 Å². The summed E-state index contributed by atoms with van der Waals surface area (Å²) in [4.78, 5) is 1.16. The Morgan fingerprint density at radius 3 is 2.73 bits per heavy atom. The molecule has 15 heavy (non-hydrogen) atoms. The zero-order valence-corrected chi connectivity index (χ0v) is 10.5. The first kappa shape index (κ1) is 12.7. The molecule has 4 heteroatoms. The van der Waals surface area contributed by atoms with E-state index in [2.05, 4.69) is 18.7 Å². The van der Waals surface area contributed by atoms with E-state index in [-0.39, 0.29) is 0 Å². The third-order valence-corrected chi connectivity index (χ3v) is 2.75. The molecule has 0 aliphatic heterocycles. The molecule has 0 aliphatic rings. The number of benzene rings is 1. The van der Waals surface area contributed by atoms with Gasteiger partial charge in [-0.1, -0.05) is 12.1 Å². The van der Waals surface area contributed by atoms with E-state index in [0.717, 1.165) is 16.4 Å². The van der Waals surface area contributed by atoms with Crippen molar-refractivity contribution < 1.29 is 9.47 Å². The highest BCUT2D eigenvalue weighted by Crippen LogP contribution is 2.26. The molecule has 0 spiro atoms. The minimum atomic E-state index is 0.589. The molecule has 0 heterocycles. The van der Waals surface area contributed by atoms with Crippen molar-refractivity contribution in [2.45, 2.75) is 4.90 Å². The van der Waals surface area contributed by atoms with Crippen molar-refractivity contribution in [1.82, 2.24) is 0 Å². The zero-order valence-electron chi connectivity index (χ0n) is 8.81. The van der Waals surface area contributed by atoms with Gasteiger partial charge in [0.25, 0.3) is 0 Å². The molecule has 0 saturated heterocycles. The van der Waals surface area contributed by atoms with Crippen molar-refractivity contribution in [3.05, 3.63) is 24.3 Å². The Balaban J connectivity index is 2.30. The lowest BCUT2D eigenvalue weighted by atomic mass is 10.3. The van der Waals surface area contributed by atoms with E-state index in [9.17, 15) is 0 Å². The van der Waals surface area contributed by atoms with Crippen LogP contribution in [0, 0.1) is 0 Å². The van der Waals surface area contributed by atoms with Crippen LogP contribution >= 0.6 is 24.4 Å². The summed E-state index contributed by atoms with van der Waals surface area (Å²) in [6, 6.07) is 8.01. The fraction of sp³-hybridized carbons (Fsp3) is 0.455. The van der Waals surface area contributed by atoms with Crippen LogP contribution in [0.5, 0.6) is 5.75 Å². The lowest BCUT2D eigenvalue weighted by molar-refractivity contribution is 0.111. The summed E-state index contributed by atoms with van der Waals surface area (Å²) < 4.78 is 10.9. The van der Waals surface area contributed by atoms with E-state index in [1.165, 1.54) is 0 Å². The fourth-order valence-corrected chi connectivity index (χ4v) is 1.79. The van der Waals surface area contributed by atoms with Crippen molar-refractivity contribution in [2.24, 2.45) is 0 Å². The number of rotatable bonds is 7. The first-order chi connectivity index (χ1) is 7.38. The van der Waals surface area contributed by atoms with E-state index < -0.39 is 0 Å². The Morgan fingerprint density at radius 1 is 1.20 bits per heavy atom. The Kier molecular flexibility index (Phi) is 6.72. The molecule has 1 aromatic rings.